The highest BCUT2D eigenvalue weighted by molar-refractivity contribution is 5.86. The van der Waals surface area contributed by atoms with Crippen molar-refractivity contribution in [1.82, 2.24) is 4.98 Å². The van der Waals surface area contributed by atoms with E-state index in [-0.39, 0.29) is 0 Å². The van der Waals surface area contributed by atoms with Crippen LogP contribution in [-0.2, 0) is 0 Å². The molecule has 0 fully saturated rings. The van der Waals surface area contributed by atoms with Crippen LogP contribution in [0.4, 0.5) is 17.1 Å². The van der Waals surface area contributed by atoms with Gasteiger partial charge in [-0.2, -0.15) is 10.5 Å². The Labute approximate surface area is 173 Å². The number of aromatic nitrogens is 1. The number of nitrogens with zero attached hydrogens (tertiary/aromatic N) is 4. The Bertz CT molecular complexity index is 1300. The monoisotopic (exact) mass is 386 g/mol. The van der Waals surface area contributed by atoms with Crippen molar-refractivity contribution < 1.29 is 4.74 Å². The molecule has 0 saturated heterocycles. The summed E-state index contributed by atoms with van der Waals surface area (Å²) in [4.78, 5) is 6.47. The molecule has 2 heterocycles. The molecule has 0 atom stereocenters. The van der Waals surface area contributed by atoms with Gasteiger partial charge in [-0.3, -0.25) is 4.98 Å². The van der Waals surface area contributed by atoms with Gasteiger partial charge in [0, 0.05) is 17.4 Å². The van der Waals surface area contributed by atoms with E-state index in [4.69, 9.17) is 10.00 Å². The first-order chi connectivity index (χ1) is 14.8. The van der Waals surface area contributed by atoms with Crippen LogP contribution in [0, 0.1) is 22.7 Å². The van der Waals surface area contributed by atoms with Crippen LogP contribution in [0.1, 0.15) is 11.1 Å². The molecule has 0 unspecified atom stereocenters. The fourth-order valence-electron chi connectivity index (χ4n) is 3.59. The second-order valence-electron chi connectivity index (χ2n) is 6.76. The number of nitriles is 2. The Morgan fingerprint density at radius 2 is 1.40 bits per heavy atom. The molecular weight excluding hydrogens is 372 g/mol. The maximum atomic E-state index is 9.46. The van der Waals surface area contributed by atoms with Gasteiger partial charge >= 0.3 is 0 Å². The molecule has 30 heavy (non-hydrogen) atoms. The molecule has 1 aliphatic heterocycles. The molecule has 0 bridgehead atoms. The van der Waals surface area contributed by atoms with Gasteiger partial charge in [0.05, 0.1) is 28.2 Å². The van der Waals surface area contributed by atoms with Crippen LogP contribution < -0.4 is 9.64 Å². The lowest BCUT2D eigenvalue weighted by molar-refractivity contribution is 0.477. The second kappa shape index (κ2) is 7.09. The molecule has 140 valence electrons. The molecule has 0 saturated carbocycles. The van der Waals surface area contributed by atoms with E-state index < -0.39 is 0 Å². The van der Waals surface area contributed by atoms with E-state index in [1.165, 1.54) is 6.20 Å². The number of hydrogen-bond acceptors (Lipinski definition) is 5. The molecule has 5 rings (SSSR count). The number of benzene rings is 3. The van der Waals surface area contributed by atoms with Crippen LogP contribution in [0.5, 0.6) is 11.5 Å². The molecule has 0 aliphatic carbocycles. The molecule has 0 amide bonds. The van der Waals surface area contributed by atoms with Crippen molar-refractivity contribution in [3.63, 3.8) is 0 Å². The average Bonchev–Trinajstić information content (AvgIpc) is 2.82. The van der Waals surface area contributed by atoms with Gasteiger partial charge in [0.25, 0.3) is 0 Å². The van der Waals surface area contributed by atoms with Gasteiger partial charge in [0.2, 0.25) is 0 Å². The van der Waals surface area contributed by atoms with E-state index in [0.717, 1.165) is 34.1 Å². The molecule has 0 radical (unpaired) electrons. The van der Waals surface area contributed by atoms with Gasteiger partial charge in [-0.15, -0.1) is 0 Å². The van der Waals surface area contributed by atoms with Gasteiger partial charge in [-0.25, -0.2) is 0 Å². The highest BCUT2D eigenvalue weighted by Gasteiger charge is 2.25. The van der Waals surface area contributed by atoms with Gasteiger partial charge < -0.3 is 9.64 Å². The molecular formula is C25H14N4O. The lowest BCUT2D eigenvalue weighted by Crippen LogP contribution is -2.15. The zero-order valence-corrected chi connectivity index (χ0v) is 15.8. The zero-order chi connectivity index (χ0) is 20.5. The van der Waals surface area contributed by atoms with Crippen molar-refractivity contribution in [2.75, 3.05) is 4.90 Å². The Morgan fingerprint density at radius 1 is 0.767 bits per heavy atom. The summed E-state index contributed by atoms with van der Waals surface area (Å²) in [5.41, 5.74) is 5.00. The molecule has 0 N–H and O–H groups in total. The summed E-state index contributed by atoms with van der Waals surface area (Å²) >= 11 is 0. The van der Waals surface area contributed by atoms with Crippen LogP contribution in [-0.4, -0.2) is 4.98 Å². The predicted molar refractivity (Wildman–Crippen MR) is 114 cm³/mol. The molecule has 0 spiro atoms. The van der Waals surface area contributed by atoms with Crippen LogP contribution >= 0.6 is 0 Å². The summed E-state index contributed by atoms with van der Waals surface area (Å²) in [6.07, 6.45) is 1.48. The van der Waals surface area contributed by atoms with Crippen LogP contribution in [0.3, 0.4) is 0 Å². The summed E-state index contributed by atoms with van der Waals surface area (Å²) in [5, 5.41) is 18.5. The number of fused-ring (bicyclic) bond motifs is 2. The lowest BCUT2D eigenvalue weighted by Gasteiger charge is -2.32. The number of anilines is 3. The normalized spacial score (nSPS) is 11.5. The summed E-state index contributed by atoms with van der Waals surface area (Å²) in [5.74, 6) is 1.58. The molecule has 5 nitrogen and oxygen atoms in total. The molecule has 4 aromatic rings. The van der Waals surface area contributed by atoms with Gasteiger partial charge in [-0.1, -0.05) is 36.4 Å². The zero-order valence-electron chi connectivity index (χ0n) is 15.8. The maximum absolute atomic E-state index is 9.46. The van der Waals surface area contributed by atoms with Crippen LogP contribution in [0.2, 0.25) is 0 Å². The molecule has 3 aromatic carbocycles. The van der Waals surface area contributed by atoms with Gasteiger partial charge in [0.1, 0.15) is 12.1 Å². The number of ether oxygens (including phenoxy) is 1. The van der Waals surface area contributed by atoms with E-state index >= 15 is 0 Å². The largest absolute Gasteiger partial charge is 0.453 e. The van der Waals surface area contributed by atoms with E-state index in [2.05, 4.69) is 16.0 Å². The number of rotatable bonds is 2. The Morgan fingerprint density at radius 3 is 2.00 bits per heavy atom. The first kappa shape index (κ1) is 17.5. The van der Waals surface area contributed by atoms with E-state index in [0.29, 0.717) is 16.8 Å². The number of para-hydroxylation sites is 4. The molecule has 1 aromatic heterocycles. The minimum Gasteiger partial charge on any atom is -0.453 e. The van der Waals surface area contributed by atoms with Crippen molar-refractivity contribution in [1.29, 1.82) is 10.5 Å². The maximum Gasteiger partial charge on any atom is 0.151 e. The SMILES string of the molecule is N#Cc1cnc(-c2ccc(N3c4ccccc4Oc4ccccc43)cc2)c(C#N)c1. The van der Waals surface area contributed by atoms with Gasteiger partial charge in [0.15, 0.2) is 11.5 Å². The van der Waals surface area contributed by atoms with Crippen molar-refractivity contribution in [2.24, 2.45) is 0 Å². The summed E-state index contributed by atoms with van der Waals surface area (Å²) in [7, 11) is 0. The second-order valence-corrected chi connectivity index (χ2v) is 6.76. The fraction of sp³-hybridized carbons (Fsp3) is 0. The highest BCUT2D eigenvalue weighted by Crippen LogP contribution is 2.50. The van der Waals surface area contributed by atoms with Crippen molar-refractivity contribution in [3.05, 3.63) is 96.2 Å². The summed E-state index contributed by atoms with van der Waals surface area (Å²) in [6, 6.07) is 29.4. The van der Waals surface area contributed by atoms with Crippen LogP contribution in [0.15, 0.2) is 85.1 Å². The molecule has 5 heteroatoms. The highest BCUT2D eigenvalue weighted by atomic mass is 16.5. The standard InChI is InChI=1S/C25H14N4O/c26-14-17-13-19(15-27)25(28-16-17)18-9-11-20(12-10-18)29-21-5-1-3-7-23(21)30-24-8-4-2-6-22(24)29/h1-13,16H. The van der Waals surface area contributed by atoms with Crippen molar-refractivity contribution in [3.8, 4) is 34.9 Å². The Balaban J connectivity index is 1.60. The summed E-state index contributed by atoms with van der Waals surface area (Å²) in [6.45, 7) is 0. The lowest BCUT2D eigenvalue weighted by atomic mass is 10.0. The van der Waals surface area contributed by atoms with E-state index in [1.807, 2.05) is 78.9 Å². The quantitative estimate of drug-likeness (QED) is 0.368. The van der Waals surface area contributed by atoms with E-state index in [1.54, 1.807) is 6.07 Å². The smallest absolute Gasteiger partial charge is 0.151 e. The first-order valence-corrected chi connectivity index (χ1v) is 9.35. The minimum atomic E-state index is 0.369. The Kier molecular flexibility index (Phi) is 4.13. The Hall–Kier alpha value is -4.61. The molecule has 1 aliphatic rings. The van der Waals surface area contributed by atoms with Crippen LogP contribution in [0.25, 0.3) is 11.3 Å². The summed E-state index contributed by atoms with van der Waals surface area (Å²) < 4.78 is 6.06. The van der Waals surface area contributed by atoms with E-state index in [9.17, 15) is 5.26 Å². The number of hydrogen-bond donors (Lipinski definition) is 0. The third-order valence-electron chi connectivity index (χ3n) is 4.97. The average molecular weight is 386 g/mol. The number of pyridine rings is 1. The predicted octanol–water partition coefficient (Wildman–Crippen LogP) is 6.07. The van der Waals surface area contributed by atoms with Crippen molar-refractivity contribution >= 4 is 17.1 Å². The minimum absolute atomic E-state index is 0.369. The third-order valence-corrected chi connectivity index (χ3v) is 4.97. The fourth-order valence-corrected chi connectivity index (χ4v) is 3.59. The van der Waals surface area contributed by atoms with Gasteiger partial charge in [-0.05, 0) is 42.5 Å². The third kappa shape index (κ3) is 2.83. The topological polar surface area (TPSA) is 72.9 Å². The first-order valence-electron chi connectivity index (χ1n) is 9.35. The van der Waals surface area contributed by atoms with Crippen molar-refractivity contribution in [2.45, 2.75) is 0 Å².